The molecule has 1 aliphatic heterocycles. The van der Waals surface area contributed by atoms with Gasteiger partial charge in [-0.15, -0.1) is 0 Å². The Kier molecular flexibility index (Phi) is 4.49. The van der Waals surface area contributed by atoms with Crippen molar-refractivity contribution in [1.29, 1.82) is 0 Å². The summed E-state index contributed by atoms with van der Waals surface area (Å²) in [6.45, 7) is 0.934. The van der Waals surface area contributed by atoms with Gasteiger partial charge in [-0.25, -0.2) is 4.68 Å². The molecule has 1 aromatic carbocycles. The predicted molar refractivity (Wildman–Crippen MR) is 81.0 cm³/mol. The first-order valence-electron chi connectivity index (χ1n) is 7.17. The van der Waals surface area contributed by atoms with Gasteiger partial charge in [0.2, 0.25) is 11.7 Å². The molecule has 3 rings (SSSR count). The molecule has 2 aromatic rings. The van der Waals surface area contributed by atoms with Gasteiger partial charge in [-0.1, -0.05) is 29.8 Å². The van der Waals surface area contributed by atoms with Crippen LogP contribution in [0.4, 0.5) is 4.39 Å². The maximum atomic E-state index is 14.0. The summed E-state index contributed by atoms with van der Waals surface area (Å²) >= 11 is 6.00. The maximum Gasteiger partial charge on any atom is 0.275 e. The van der Waals surface area contributed by atoms with Crippen molar-refractivity contribution < 1.29 is 19.0 Å². The summed E-state index contributed by atoms with van der Waals surface area (Å²) < 4.78 is 20.3. The van der Waals surface area contributed by atoms with Crippen molar-refractivity contribution in [2.45, 2.75) is 19.1 Å². The molecule has 2 N–H and O–H groups in total. The first-order valence-corrected chi connectivity index (χ1v) is 7.55. The fourth-order valence-corrected chi connectivity index (χ4v) is 2.66. The number of hydrogen-bond donors (Lipinski definition) is 2. The van der Waals surface area contributed by atoms with Crippen molar-refractivity contribution in [3.05, 3.63) is 46.4 Å². The first kappa shape index (κ1) is 15.8. The molecule has 0 saturated heterocycles. The Hall–Kier alpha value is -2.12. The summed E-state index contributed by atoms with van der Waals surface area (Å²) in [5.74, 6) is -1.41. The minimum atomic E-state index is -0.816. The Morgan fingerprint density at radius 1 is 1.52 bits per heavy atom. The van der Waals surface area contributed by atoms with Crippen molar-refractivity contribution in [2.75, 3.05) is 13.2 Å². The summed E-state index contributed by atoms with van der Waals surface area (Å²) in [4.78, 5) is 12.0. The van der Waals surface area contributed by atoms with E-state index in [0.29, 0.717) is 23.7 Å². The van der Waals surface area contributed by atoms with Crippen LogP contribution in [0.25, 0.3) is 0 Å². The lowest BCUT2D eigenvalue weighted by molar-refractivity contribution is 0.0932. The minimum Gasteiger partial charge on any atom is -0.474 e. The molecule has 122 valence electrons. The van der Waals surface area contributed by atoms with E-state index >= 15 is 0 Å². The summed E-state index contributed by atoms with van der Waals surface area (Å²) in [6, 6.07) is 6.93. The topological polar surface area (TPSA) is 76.4 Å². The van der Waals surface area contributed by atoms with E-state index in [1.165, 1.54) is 4.68 Å². The van der Waals surface area contributed by atoms with Gasteiger partial charge in [-0.3, -0.25) is 4.79 Å². The molecule has 1 atom stereocenters. The number of fused-ring (bicyclic) bond motifs is 1. The lowest BCUT2D eigenvalue weighted by Gasteiger charge is -2.12. The van der Waals surface area contributed by atoms with Crippen molar-refractivity contribution in [3.8, 4) is 5.88 Å². The molecule has 1 amide bonds. The van der Waals surface area contributed by atoms with E-state index in [4.69, 9.17) is 16.3 Å². The van der Waals surface area contributed by atoms with E-state index in [1.54, 1.807) is 24.3 Å². The van der Waals surface area contributed by atoms with Crippen LogP contribution in [0, 0.1) is 5.82 Å². The van der Waals surface area contributed by atoms with Crippen LogP contribution in [0.2, 0.25) is 5.02 Å². The number of hydrogen-bond acceptors (Lipinski definition) is 4. The van der Waals surface area contributed by atoms with Gasteiger partial charge in [-0.2, -0.15) is 9.49 Å². The predicted octanol–water partition coefficient (Wildman–Crippen LogP) is 1.92. The zero-order chi connectivity index (χ0) is 16.4. The molecule has 8 heteroatoms. The summed E-state index contributed by atoms with van der Waals surface area (Å²) in [6.07, 6.45) is -0.564. The second kappa shape index (κ2) is 6.55. The van der Waals surface area contributed by atoms with Crippen LogP contribution in [0.3, 0.4) is 0 Å². The average Bonchev–Trinajstić information content (AvgIpc) is 3.11. The number of amides is 1. The number of aliphatic hydroxyl groups excluding tert-OH is 1. The molecule has 0 aliphatic carbocycles. The van der Waals surface area contributed by atoms with E-state index in [1.807, 2.05) is 0 Å². The van der Waals surface area contributed by atoms with Gasteiger partial charge < -0.3 is 15.2 Å². The highest BCUT2D eigenvalue weighted by Crippen LogP contribution is 2.25. The lowest BCUT2D eigenvalue weighted by Crippen LogP contribution is -2.27. The third-order valence-electron chi connectivity index (χ3n) is 3.58. The van der Waals surface area contributed by atoms with E-state index in [-0.39, 0.29) is 24.5 Å². The fraction of sp³-hybridized carbons (Fsp3) is 0.333. The number of nitrogens with one attached hydrogen (secondary N) is 1. The molecule has 6 nitrogen and oxygen atoms in total. The molecule has 0 radical (unpaired) electrons. The highest BCUT2D eigenvalue weighted by molar-refractivity contribution is 6.31. The SMILES string of the molecule is O=C(NCCC(O)c1ccccc1Cl)c1nn2c(c1F)OCC2. The fourth-order valence-electron chi connectivity index (χ4n) is 2.39. The smallest absolute Gasteiger partial charge is 0.275 e. The van der Waals surface area contributed by atoms with E-state index < -0.39 is 17.8 Å². The van der Waals surface area contributed by atoms with Gasteiger partial charge in [0.1, 0.15) is 6.61 Å². The number of ether oxygens (including phenoxy) is 1. The zero-order valence-electron chi connectivity index (χ0n) is 12.1. The van der Waals surface area contributed by atoms with Crippen molar-refractivity contribution in [3.63, 3.8) is 0 Å². The Morgan fingerprint density at radius 2 is 2.30 bits per heavy atom. The highest BCUT2D eigenvalue weighted by Gasteiger charge is 2.27. The normalized spacial score (nSPS) is 14.2. The van der Waals surface area contributed by atoms with Gasteiger partial charge >= 0.3 is 0 Å². The Balaban J connectivity index is 1.57. The molecule has 1 aromatic heterocycles. The maximum absolute atomic E-state index is 14.0. The zero-order valence-corrected chi connectivity index (χ0v) is 12.9. The van der Waals surface area contributed by atoms with Gasteiger partial charge in [0, 0.05) is 11.6 Å². The number of carbonyl (C=O) groups is 1. The van der Waals surface area contributed by atoms with Gasteiger partial charge in [0.05, 0.1) is 12.6 Å². The van der Waals surface area contributed by atoms with Crippen LogP contribution in [-0.4, -0.2) is 33.9 Å². The van der Waals surface area contributed by atoms with Crippen molar-refractivity contribution in [1.82, 2.24) is 15.1 Å². The van der Waals surface area contributed by atoms with Crippen LogP contribution in [0.1, 0.15) is 28.6 Å². The third kappa shape index (κ3) is 3.16. The quantitative estimate of drug-likeness (QED) is 0.872. The number of rotatable bonds is 5. The molecule has 0 fully saturated rings. The largest absolute Gasteiger partial charge is 0.474 e. The summed E-state index contributed by atoms with van der Waals surface area (Å²) in [5, 5.41) is 17.0. The molecular weight excluding hydrogens is 325 g/mol. The van der Waals surface area contributed by atoms with E-state index in [2.05, 4.69) is 10.4 Å². The van der Waals surface area contributed by atoms with Crippen LogP contribution in [0.15, 0.2) is 24.3 Å². The molecular formula is C15H15ClFN3O3. The second-order valence-corrected chi connectivity index (χ2v) is 5.53. The van der Waals surface area contributed by atoms with Crippen molar-refractivity contribution in [2.24, 2.45) is 0 Å². The van der Waals surface area contributed by atoms with Crippen LogP contribution >= 0.6 is 11.6 Å². The summed E-state index contributed by atoms with van der Waals surface area (Å²) in [5.41, 5.74) is 0.288. The molecule has 1 aliphatic rings. The molecule has 1 unspecified atom stereocenters. The molecule has 23 heavy (non-hydrogen) atoms. The number of aromatic nitrogens is 2. The van der Waals surface area contributed by atoms with Gasteiger partial charge in [0.25, 0.3) is 5.91 Å². The summed E-state index contributed by atoms with van der Waals surface area (Å²) in [7, 11) is 0. The molecule has 0 saturated carbocycles. The van der Waals surface area contributed by atoms with Crippen molar-refractivity contribution >= 4 is 17.5 Å². The molecule has 2 heterocycles. The average molecular weight is 340 g/mol. The standard InChI is InChI=1S/C15H15ClFN3O3/c16-10-4-2-1-3-9(10)11(21)5-6-18-14(22)13-12(17)15-20(19-13)7-8-23-15/h1-4,11,21H,5-8H2,(H,18,22). The minimum absolute atomic E-state index is 0.00810. The van der Waals surface area contributed by atoms with Gasteiger partial charge in [0.15, 0.2) is 5.69 Å². The third-order valence-corrected chi connectivity index (χ3v) is 3.92. The molecule has 0 bridgehead atoms. The Bertz CT molecular complexity index is 735. The first-order chi connectivity index (χ1) is 11.1. The molecule has 0 spiro atoms. The van der Waals surface area contributed by atoms with Crippen LogP contribution < -0.4 is 10.1 Å². The van der Waals surface area contributed by atoms with E-state index in [0.717, 1.165) is 0 Å². The van der Waals surface area contributed by atoms with Gasteiger partial charge in [-0.05, 0) is 18.1 Å². The Morgan fingerprint density at radius 3 is 3.04 bits per heavy atom. The number of aliphatic hydroxyl groups is 1. The number of benzene rings is 1. The Labute approximate surface area is 136 Å². The monoisotopic (exact) mass is 339 g/mol. The van der Waals surface area contributed by atoms with Crippen LogP contribution in [-0.2, 0) is 6.54 Å². The number of nitrogens with zero attached hydrogens (tertiary/aromatic N) is 2. The number of carbonyl (C=O) groups excluding carboxylic acids is 1. The number of halogens is 2. The second-order valence-electron chi connectivity index (χ2n) is 5.12. The lowest BCUT2D eigenvalue weighted by atomic mass is 10.1. The highest BCUT2D eigenvalue weighted by atomic mass is 35.5. The van der Waals surface area contributed by atoms with Crippen LogP contribution in [0.5, 0.6) is 5.88 Å². The van der Waals surface area contributed by atoms with E-state index in [9.17, 15) is 14.3 Å².